The molecule has 1 aliphatic heterocycles. The van der Waals surface area contributed by atoms with Crippen molar-refractivity contribution >= 4 is 23.2 Å². The minimum absolute atomic E-state index is 0.00487. The number of halogens is 3. The molecule has 0 spiro atoms. The molecule has 3 rings (SSSR count). The molecule has 1 aromatic heterocycles. The van der Waals surface area contributed by atoms with Crippen molar-refractivity contribution in [2.45, 2.75) is 6.92 Å². The van der Waals surface area contributed by atoms with Crippen molar-refractivity contribution in [1.29, 1.82) is 0 Å². The first-order valence-corrected chi connectivity index (χ1v) is 8.28. The molecule has 0 radical (unpaired) electrons. The Kier molecular flexibility index (Phi) is 5.29. The first-order chi connectivity index (χ1) is 12.9. The van der Waals surface area contributed by atoms with Gasteiger partial charge in [0, 0.05) is 33.1 Å². The van der Waals surface area contributed by atoms with Crippen LogP contribution in [-0.2, 0) is 4.79 Å². The van der Waals surface area contributed by atoms with Crippen molar-refractivity contribution in [2.75, 3.05) is 36.4 Å². The highest BCUT2D eigenvalue weighted by Crippen LogP contribution is 2.21. The van der Waals surface area contributed by atoms with Crippen LogP contribution in [0.1, 0.15) is 17.4 Å². The molecule has 0 unspecified atom stereocenters. The van der Waals surface area contributed by atoms with Gasteiger partial charge in [-0.3, -0.25) is 9.59 Å². The predicted molar refractivity (Wildman–Crippen MR) is 93.0 cm³/mol. The normalized spacial score (nSPS) is 14.2. The van der Waals surface area contributed by atoms with Crippen LogP contribution in [0.2, 0.25) is 0 Å². The zero-order valence-electron chi connectivity index (χ0n) is 14.5. The Labute approximate surface area is 153 Å². The van der Waals surface area contributed by atoms with Crippen LogP contribution in [0, 0.1) is 17.5 Å². The molecule has 0 bridgehead atoms. The predicted octanol–water partition coefficient (Wildman–Crippen LogP) is 2.42. The monoisotopic (exact) mass is 378 g/mol. The molecule has 0 atom stereocenters. The Morgan fingerprint density at radius 2 is 1.70 bits per heavy atom. The second-order valence-corrected chi connectivity index (χ2v) is 6.07. The van der Waals surface area contributed by atoms with Gasteiger partial charge in [-0.05, 0) is 24.3 Å². The molecule has 2 aromatic rings. The first kappa shape index (κ1) is 18.7. The minimum Gasteiger partial charge on any atom is -0.367 e. The SMILES string of the molecule is CC(=O)N1CCN(c2ccc(C(=O)Nc3ccc(F)c(F)c3F)nc2)CC1. The third-order valence-electron chi connectivity index (χ3n) is 4.35. The first-order valence-electron chi connectivity index (χ1n) is 8.28. The molecule has 9 heteroatoms. The van der Waals surface area contributed by atoms with Gasteiger partial charge in [0.1, 0.15) is 5.69 Å². The van der Waals surface area contributed by atoms with Crippen LogP contribution in [0.25, 0.3) is 0 Å². The van der Waals surface area contributed by atoms with Gasteiger partial charge in [0.05, 0.1) is 17.6 Å². The van der Waals surface area contributed by atoms with E-state index in [-0.39, 0.29) is 11.6 Å². The summed E-state index contributed by atoms with van der Waals surface area (Å²) in [5, 5.41) is 2.17. The number of carbonyl (C=O) groups is 2. The van der Waals surface area contributed by atoms with Crippen LogP contribution in [0.15, 0.2) is 30.5 Å². The second-order valence-electron chi connectivity index (χ2n) is 6.07. The molecular weight excluding hydrogens is 361 g/mol. The molecule has 1 aromatic carbocycles. The van der Waals surface area contributed by atoms with Crippen LogP contribution in [0.3, 0.4) is 0 Å². The van der Waals surface area contributed by atoms with E-state index in [0.29, 0.717) is 26.2 Å². The third-order valence-corrected chi connectivity index (χ3v) is 4.35. The summed E-state index contributed by atoms with van der Waals surface area (Å²) in [6.07, 6.45) is 1.50. The van der Waals surface area contributed by atoms with E-state index < -0.39 is 29.0 Å². The highest BCUT2D eigenvalue weighted by Gasteiger charge is 2.20. The third kappa shape index (κ3) is 4.02. The molecular formula is C18H17F3N4O2. The fourth-order valence-electron chi connectivity index (χ4n) is 2.80. The van der Waals surface area contributed by atoms with E-state index in [1.807, 2.05) is 4.90 Å². The number of rotatable bonds is 3. The van der Waals surface area contributed by atoms with Crippen LogP contribution in [-0.4, -0.2) is 47.9 Å². The van der Waals surface area contributed by atoms with Gasteiger partial charge >= 0.3 is 0 Å². The Morgan fingerprint density at radius 3 is 2.30 bits per heavy atom. The van der Waals surface area contributed by atoms with Gasteiger partial charge < -0.3 is 15.1 Å². The average molecular weight is 378 g/mol. The van der Waals surface area contributed by atoms with E-state index in [4.69, 9.17) is 0 Å². The maximum atomic E-state index is 13.6. The molecule has 1 fully saturated rings. The van der Waals surface area contributed by atoms with Crippen molar-refractivity contribution in [1.82, 2.24) is 9.88 Å². The standard InChI is InChI=1S/C18H17F3N4O2/c1-11(26)24-6-8-25(9-7-24)12-2-4-15(22-10-12)18(27)23-14-5-3-13(19)16(20)17(14)21/h2-5,10H,6-9H2,1H3,(H,23,27). The molecule has 1 aliphatic rings. The highest BCUT2D eigenvalue weighted by atomic mass is 19.2. The van der Waals surface area contributed by atoms with Gasteiger partial charge in [-0.15, -0.1) is 0 Å². The van der Waals surface area contributed by atoms with Crippen LogP contribution < -0.4 is 10.2 Å². The summed E-state index contributed by atoms with van der Waals surface area (Å²) in [4.78, 5) is 31.3. The fraction of sp³-hybridized carbons (Fsp3) is 0.278. The summed E-state index contributed by atoms with van der Waals surface area (Å²) in [6, 6.07) is 4.81. The molecule has 142 valence electrons. The molecule has 2 heterocycles. The van der Waals surface area contributed by atoms with E-state index in [9.17, 15) is 22.8 Å². The van der Waals surface area contributed by atoms with Gasteiger partial charge in [-0.25, -0.2) is 18.2 Å². The topological polar surface area (TPSA) is 65.5 Å². The van der Waals surface area contributed by atoms with Crippen molar-refractivity contribution < 1.29 is 22.8 Å². The van der Waals surface area contributed by atoms with Crippen molar-refractivity contribution in [3.05, 3.63) is 53.6 Å². The zero-order valence-corrected chi connectivity index (χ0v) is 14.5. The quantitative estimate of drug-likeness (QED) is 0.834. The van der Waals surface area contributed by atoms with E-state index in [1.165, 1.54) is 19.2 Å². The number of hydrogen-bond acceptors (Lipinski definition) is 4. The lowest BCUT2D eigenvalue weighted by Gasteiger charge is -2.35. The summed E-state index contributed by atoms with van der Waals surface area (Å²) in [5.74, 6) is -5.17. The summed E-state index contributed by atoms with van der Waals surface area (Å²) in [5.41, 5.74) is 0.323. The Balaban J connectivity index is 1.66. The lowest BCUT2D eigenvalue weighted by atomic mass is 10.2. The van der Waals surface area contributed by atoms with Gasteiger partial charge in [0.2, 0.25) is 5.91 Å². The van der Waals surface area contributed by atoms with E-state index in [2.05, 4.69) is 10.3 Å². The average Bonchev–Trinajstić information content (AvgIpc) is 2.68. The van der Waals surface area contributed by atoms with Crippen molar-refractivity contribution in [3.8, 4) is 0 Å². The fourth-order valence-corrected chi connectivity index (χ4v) is 2.80. The van der Waals surface area contributed by atoms with Crippen molar-refractivity contribution in [3.63, 3.8) is 0 Å². The molecule has 0 aliphatic carbocycles. The number of nitrogens with one attached hydrogen (secondary N) is 1. The van der Waals surface area contributed by atoms with Gasteiger partial charge in [0.15, 0.2) is 17.5 Å². The summed E-state index contributed by atoms with van der Waals surface area (Å²) in [7, 11) is 0. The molecule has 1 saturated heterocycles. The molecule has 27 heavy (non-hydrogen) atoms. The molecule has 2 amide bonds. The van der Waals surface area contributed by atoms with Gasteiger partial charge in [-0.1, -0.05) is 0 Å². The number of hydrogen-bond donors (Lipinski definition) is 1. The number of anilines is 2. The zero-order chi connectivity index (χ0) is 19.6. The number of benzene rings is 1. The van der Waals surface area contributed by atoms with Crippen LogP contribution in [0.5, 0.6) is 0 Å². The van der Waals surface area contributed by atoms with Gasteiger partial charge in [-0.2, -0.15) is 0 Å². The summed E-state index contributed by atoms with van der Waals surface area (Å²) < 4.78 is 39.8. The van der Waals surface area contributed by atoms with Crippen LogP contribution in [0.4, 0.5) is 24.5 Å². The molecule has 0 saturated carbocycles. The lowest BCUT2D eigenvalue weighted by Crippen LogP contribution is -2.48. The number of amides is 2. The van der Waals surface area contributed by atoms with Gasteiger partial charge in [0.25, 0.3) is 5.91 Å². The Hall–Kier alpha value is -3.10. The Morgan fingerprint density at radius 1 is 1.00 bits per heavy atom. The number of piperazine rings is 1. The summed E-state index contributed by atoms with van der Waals surface area (Å²) in [6.45, 7) is 4.03. The smallest absolute Gasteiger partial charge is 0.274 e. The van der Waals surface area contributed by atoms with Crippen LogP contribution >= 0.6 is 0 Å². The lowest BCUT2D eigenvalue weighted by molar-refractivity contribution is -0.129. The second kappa shape index (κ2) is 7.65. The minimum atomic E-state index is -1.65. The Bertz CT molecular complexity index is 866. The van der Waals surface area contributed by atoms with E-state index >= 15 is 0 Å². The number of nitrogens with zero attached hydrogens (tertiary/aromatic N) is 3. The maximum Gasteiger partial charge on any atom is 0.274 e. The molecule has 1 N–H and O–H groups in total. The van der Waals surface area contributed by atoms with E-state index in [1.54, 1.807) is 11.0 Å². The summed E-state index contributed by atoms with van der Waals surface area (Å²) >= 11 is 0. The number of aromatic nitrogens is 1. The van der Waals surface area contributed by atoms with E-state index in [0.717, 1.165) is 17.8 Å². The maximum absolute atomic E-state index is 13.6. The largest absolute Gasteiger partial charge is 0.367 e. The molecule has 6 nitrogen and oxygen atoms in total. The van der Waals surface area contributed by atoms with Crippen molar-refractivity contribution in [2.24, 2.45) is 0 Å². The number of carbonyl (C=O) groups excluding carboxylic acids is 2. The number of pyridine rings is 1. The highest BCUT2D eigenvalue weighted by molar-refractivity contribution is 6.03.